The lowest BCUT2D eigenvalue weighted by Crippen LogP contribution is -2.36. The number of methoxy groups -OCH3 is 3. The second-order valence-electron chi connectivity index (χ2n) is 4.94. The van der Waals surface area contributed by atoms with Crippen LogP contribution >= 0.6 is 0 Å². The highest BCUT2D eigenvalue weighted by molar-refractivity contribution is 5.70. The van der Waals surface area contributed by atoms with E-state index in [4.69, 9.17) is 14.2 Å². The molecule has 0 aliphatic heterocycles. The highest BCUT2D eigenvalue weighted by atomic mass is 16.5. The quantitative estimate of drug-likeness (QED) is 0.555. The standard InChI is InChI=1S/C16H25NO4/c1-12-5-6-15(20-3)13(9-12)10-14(11-16(18)21-4)17-7-8-19-2/h5-6,9,14,17H,7-8,10-11H2,1-4H3. The second kappa shape index (κ2) is 9.37. The summed E-state index contributed by atoms with van der Waals surface area (Å²) in [6.45, 7) is 3.32. The number of hydrogen-bond acceptors (Lipinski definition) is 5. The molecule has 1 aromatic rings. The Hall–Kier alpha value is -1.59. The number of ether oxygens (including phenoxy) is 3. The molecule has 5 nitrogen and oxygen atoms in total. The molecule has 118 valence electrons. The minimum atomic E-state index is -0.225. The van der Waals surface area contributed by atoms with Crippen LogP contribution in [0.4, 0.5) is 0 Å². The number of hydrogen-bond donors (Lipinski definition) is 1. The Morgan fingerprint density at radius 1 is 1.29 bits per heavy atom. The maximum Gasteiger partial charge on any atom is 0.307 e. The molecule has 1 atom stereocenters. The van der Waals surface area contributed by atoms with Gasteiger partial charge in [-0.05, 0) is 25.0 Å². The predicted octanol–water partition coefficient (Wildman–Crippen LogP) is 1.71. The molecule has 21 heavy (non-hydrogen) atoms. The third kappa shape index (κ3) is 6.14. The lowest BCUT2D eigenvalue weighted by Gasteiger charge is -2.19. The largest absolute Gasteiger partial charge is 0.496 e. The molecule has 0 aromatic heterocycles. The van der Waals surface area contributed by atoms with E-state index in [9.17, 15) is 4.79 Å². The minimum absolute atomic E-state index is 0.0108. The highest BCUT2D eigenvalue weighted by Gasteiger charge is 2.16. The Balaban J connectivity index is 2.78. The summed E-state index contributed by atoms with van der Waals surface area (Å²) in [5.74, 6) is 0.612. The van der Waals surface area contributed by atoms with Gasteiger partial charge in [0.15, 0.2) is 0 Å². The lowest BCUT2D eigenvalue weighted by molar-refractivity contribution is -0.141. The summed E-state index contributed by atoms with van der Waals surface area (Å²) in [5.41, 5.74) is 2.25. The summed E-state index contributed by atoms with van der Waals surface area (Å²) in [4.78, 5) is 11.5. The highest BCUT2D eigenvalue weighted by Crippen LogP contribution is 2.22. The molecule has 1 aromatic carbocycles. The van der Waals surface area contributed by atoms with Gasteiger partial charge in [-0.1, -0.05) is 17.7 Å². The fourth-order valence-corrected chi connectivity index (χ4v) is 2.20. The lowest BCUT2D eigenvalue weighted by atomic mass is 10.0. The zero-order valence-corrected chi connectivity index (χ0v) is 13.3. The summed E-state index contributed by atoms with van der Waals surface area (Å²) in [5, 5.41) is 3.32. The predicted molar refractivity (Wildman–Crippen MR) is 81.7 cm³/mol. The monoisotopic (exact) mass is 295 g/mol. The summed E-state index contributed by atoms with van der Waals surface area (Å²) in [6.07, 6.45) is 1.01. The van der Waals surface area contributed by atoms with Crippen molar-refractivity contribution in [3.8, 4) is 5.75 Å². The van der Waals surface area contributed by atoms with Crippen molar-refractivity contribution in [1.29, 1.82) is 0 Å². The molecule has 0 amide bonds. The molecule has 1 rings (SSSR count). The Kier molecular flexibility index (Phi) is 7.79. The van der Waals surface area contributed by atoms with Gasteiger partial charge in [0, 0.05) is 19.7 Å². The molecular weight excluding hydrogens is 270 g/mol. The molecule has 1 unspecified atom stereocenters. The van der Waals surface area contributed by atoms with Gasteiger partial charge in [0.2, 0.25) is 0 Å². The van der Waals surface area contributed by atoms with Gasteiger partial charge in [-0.2, -0.15) is 0 Å². The molecule has 0 radical (unpaired) electrons. The van der Waals surface area contributed by atoms with Gasteiger partial charge in [0.05, 0.1) is 27.2 Å². The zero-order chi connectivity index (χ0) is 15.7. The number of aryl methyl sites for hydroxylation is 1. The summed E-state index contributed by atoms with van der Waals surface area (Å²) >= 11 is 0. The van der Waals surface area contributed by atoms with Crippen molar-refractivity contribution in [1.82, 2.24) is 5.32 Å². The molecule has 0 saturated heterocycles. The zero-order valence-electron chi connectivity index (χ0n) is 13.3. The van der Waals surface area contributed by atoms with Crippen LogP contribution in [-0.2, 0) is 20.7 Å². The molecule has 1 N–H and O–H groups in total. The fraction of sp³-hybridized carbons (Fsp3) is 0.562. The Bertz CT molecular complexity index is 448. The van der Waals surface area contributed by atoms with Gasteiger partial charge in [-0.3, -0.25) is 4.79 Å². The molecule has 0 bridgehead atoms. The van der Waals surface area contributed by atoms with Crippen molar-refractivity contribution in [3.05, 3.63) is 29.3 Å². The third-order valence-corrected chi connectivity index (χ3v) is 3.28. The first kappa shape index (κ1) is 17.5. The van der Waals surface area contributed by atoms with Crippen LogP contribution in [0.2, 0.25) is 0 Å². The summed E-state index contributed by atoms with van der Waals surface area (Å²) in [6, 6.07) is 6.04. The smallest absolute Gasteiger partial charge is 0.307 e. The van der Waals surface area contributed by atoms with Gasteiger partial charge in [-0.25, -0.2) is 0 Å². The maximum atomic E-state index is 11.5. The van der Waals surface area contributed by atoms with Gasteiger partial charge in [-0.15, -0.1) is 0 Å². The number of carbonyl (C=O) groups excluding carboxylic acids is 1. The fourth-order valence-electron chi connectivity index (χ4n) is 2.20. The van der Waals surface area contributed by atoms with Crippen LogP contribution < -0.4 is 10.1 Å². The SMILES string of the molecule is COCCNC(CC(=O)OC)Cc1cc(C)ccc1OC. The van der Waals surface area contributed by atoms with Crippen molar-refractivity contribution in [3.63, 3.8) is 0 Å². The van der Waals surface area contributed by atoms with Gasteiger partial charge in [0.1, 0.15) is 5.75 Å². The Labute approximate surface area is 126 Å². The maximum absolute atomic E-state index is 11.5. The van der Waals surface area contributed by atoms with E-state index in [1.54, 1.807) is 14.2 Å². The minimum Gasteiger partial charge on any atom is -0.496 e. The van der Waals surface area contributed by atoms with Crippen LogP contribution in [0.1, 0.15) is 17.5 Å². The van der Waals surface area contributed by atoms with Crippen LogP contribution in [0.5, 0.6) is 5.75 Å². The van der Waals surface area contributed by atoms with Crippen LogP contribution in [0.15, 0.2) is 18.2 Å². The van der Waals surface area contributed by atoms with E-state index >= 15 is 0 Å². The first-order valence-electron chi connectivity index (χ1n) is 7.03. The number of nitrogens with one attached hydrogen (secondary N) is 1. The van der Waals surface area contributed by atoms with Crippen molar-refractivity contribution in [2.45, 2.75) is 25.8 Å². The van der Waals surface area contributed by atoms with Gasteiger partial charge in [0.25, 0.3) is 0 Å². The molecule has 0 aliphatic carbocycles. The van der Waals surface area contributed by atoms with Crippen molar-refractivity contribution >= 4 is 5.97 Å². The second-order valence-corrected chi connectivity index (χ2v) is 4.94. The van der Waals surface area contributed by atoms with E-state index in [1.807, 2.05) is 19.1 Å². The Morgan fingerprint density at radius 2 is 2.05 bits per heavy atom. The van der Waals surface area contributed by atoms with E-state index in [0.717, 1.165) is 11.3 Å². The average molecular weight is 295 g/mol. The summed E-state index contributed by atoms with van der Waals surface area (Å²) < 4.78 is 15.2. The van der Waals surface area contributed by atoms with E-state index in [2.05, 4.69) is 11.4 Å². The molecule has 0 saturated carbocycles. The number of carbonyl (C=O) groups is 1. The molecule has 0 aliphatic rings. The van der Waals surface area contributed by atoms with E-state index < -0.39 is 0 Å². The van der Waals surface area contributed by atoms with Gasteiger partial charge >= 0.3 is 5.97 Å². The first-order valence-corrected chi connectivity index (χ1v) is 7.03. The first-order chi connectivity index (χ1) is 10.1. The molecule has 0 heterocycles. The topological polar surface area (TPSA) is 56.8 Å². The molecule has 0 spiro atoms. The van der Waals surface area contributed by atoms with Crippen molar-refractivity contribution in [2.24, 2.45) is 0 Å². The Morgan fingerprint density at radius 3 is 2.67 bits per heavy atom. The van der Waals surface area contributed by atoms with E-state index in [1.165, 1.54) is 12.7 Å². The number of benzene rings is 1. The van der Waals surface area contributed by atoms with Crippen molar-refractivity contribution < 1.29 is 19.0 Å². The van der Waals surface area contributed by atoms with Gasteiger partial charge < -0.3 is 19.5 Å². The normalized spacial score (nSPS) is 12.0. The van der Waals surface area contributed by atoms with Crippen LogP contribution in [-0.4, -0.2) is 46.5 Å². The number of esters is 1. The third-order valence-electron chi connectivity index (χ3n) is 3.28. The van der Waals surface area contributed by atoms with Crippen LogP contribution in [0.3, 0.4) is 0 Å². The average Bonchev–Trinajstić information content (AvgIpc) is 2.47. The van der Waals surface area contributed by atoms with E-state index in [-0.39, 0.29) is 12.0 Å². The van der Waals surface area contributed by atoms with Crippen LogP contribution in [0, 0.1) is 6.92 Å². The number of rotatable bonds is 9. The van der Waals surface area contributed by atoms with Crippen LogP contribution in [0.25, 0.3) is 0 Å². The molecule has 0 fully saturated rings. The molecular formula is C16H25NO4. The molecule has 5 heteroatoms. The summed E-state index contributed by atoms with van der Waals surface area (Å²) in [7, 11) is 4.71. The van der Waals surface area contributed by atoms with Crippen molar-refractivity contribution in [2.75, 3.05) is 34.5 Å². The van der Waals surface area contributed by atoms with E-state index in [0.29, 0.717) is 26.0 Å².